The third kappa shape index (κ3) is 2.57. The van der Waals surface area contributed by atoms with E-state index >= 15 is 0 Å². The van der Waals surface area contributed by atoms with Crippen LogP contribution >= 0.6 is 0 Å². The molecule has 3 aromatic rings. The summed E-state index contributed by atoms with van der Waals surface area (Å²) in [5, 5.41) is 0. The highest BCUT2D eigenvalue weighted by Gasteiger charge is 2.32. The number of nitrogens with zero attached hydrogens (tertiary/aromatic N) is 2. The van der Waals surface area contributed by atoms with Gasteiger partial charge in [-0.1, -0.05) is 12.1 Å². The van der Waals surface area contributed by atoms with Gasteiger partial charge in [-0.25, -0.2) is 13.2 Å². The summed E-state index contributed by atoms with van der Waals surface area (Å²) in [6, 6.07) is 12.5. The zero-order valence-electron chi connectivity index (χ0n) is 14.6. The number of aromatic amines is 2. The molecule has 0 saturated carbocycles. The molecule has 0 spiro atoms. The number of rotatable bonds is 3. The van der Waals surface area contributed by atoms with Crippen LogP contribution in [0.4, 0.5) is 11.4 Å². The maximum absolute atomic E-state index is 13.3. The van der Waals surface area contributed by atoms with Gasteiger partial charge in [-0.2, -0.15) is 0 Å². The van der Waals surface area contributed by atoms with E-state index in [1.165, 1.54) is 16.4 Å². The molecule has 1 aliphatic rings. The quantitative estimate of drug-likeness (QED) is 0.738. The van der Waals surface area contributed by atoms with Crippen molar-refractivity contribution in [3.63, 3.8) is 0 Å². The lowest BCUT2D eigenvalue weighted by molar-refractivity contribution is 0.585. The standard InChI is InChI=1S/C18H20N4O3S/c1-12(2)21-9-10-22(17-6-4-3-5-16(17)21)26(24,25)13-7-8-14-15(11-13)20-18(23)19-14/h3-8,11-12H,9-10H2,1-2H3,(H2,19,20,23). The molecule has 0 aliphatic carbocycles. The van der Waals surface area contributed by atoms with Crippen LogP contribution in [0.1, 0.15) is 13.8 Å². The number of aromatic nitrogens is 2. The van der Waals surface area contributed by atoms with Crippen molar-refractivity contribution in [2.75, 3.05) is 22.3 Å². The van der Waals surface area contributed by atoms with E-state index in [1.54, 1.807) is 6.07 Å². The summed E-state index contributed by atoms with van der Waals surface area (Å²) in [5.41, 5.74) is 2.29. The van der Waals surface area contributed by atoms with Crippen molar-refractivity contribution in [3.05, 3.63) is 52.9 Å². The molecule has 0 radical (unpaired) electrons. The summed E-state index contributed by atoms with van der Waals surface area (Å²) in [7, 11) is -3.74. The molecule has 0 saturated heterocycles. The van der Waals surface area contributed by atoms with Crippen molar-refractivity contribution < 1.29 is 8.42 Å². The zero-order chi connectivity index (χ0) is 18.5. The first-order chi connectivity index (χ1) is 12.4. The summed E-state index contributed by atoms with van der Waals surface area (Å²) < 4.78 is 28.0. The van der Waals surface area contributed by atoms with Crippen LogP contribution in [0.5, 0.6) is 0 Å². The zero-order valence-corrected chi connectivity index (χ0v) is 15.4. The molecule has 7 nitrogen and oxygen atoms in total. The van der Waals surface area contributed by atoms with E-state index in [0.29, 0.717) is 29.8 Å². The molecule has 0 amide bonds. The Balaban J connectivity index is 1.82. The number of hydrogen-bond acceptors (Lipinski definition) is 4. The molecular weight excluding hydrogens is 352 g/mol. The summed E-state index contributed by atoms with van der Waals surface area (Å²) >= 11 is 0. The first-order valence-corrected chi connectivity index (χ1v) is 9.92. The number of anilines is 2. The summed E-state index contributed by atoms with van der Waals surface area (Å²) in [6.07, 6.45) is 0. The third-order valence-corrected chi connectivity index (χ3v) is 6.51. The Labute approximate surface area is 151 Å². The van der Waals surface area contributed by atoms with E-state index < -0.39 is 10.0 Å². The Morgan fingerprint density at radius 1 is 0.962 bits per heavy atom. The predicted molar refractivity (Wildman–Crippen MR) is 102 cm³/mol. The van der Waals surface area contributed by atoms with Gasteiger partial charge in [-0.3, -0.25) is 4.31 Å². The highest BCUT2D eigenvalue weighted by atomic mass is 32.2. The number of benzene rings is 2. The maximum atomic E-state index is 13.3. The second-order valence-corrected chi connectivity index (χ2v) is 8.50. The Morgan fingerprint density at radius 2 is 1.65 bits per heavy atom. The fourth-order valence-corrected chi connectivity index (χ4v) is 4.94. The number of para-hydroxylation sites is 2. The molecule has 4 rings (SSSR count). The van der Waals surface area contributed by atoms with Gasteiger partial charge in [-0.05, 0) is 44.2 Å². The summed E-state index contributed by atoms with van der Waals surface area (Å²) in [6.45, 7) is 5.19. The van der Waals surface area contributed by atoms with E-state index in [-0.39, 0.29) is 16.6 Å². The maximum Gasteiger partial charge on any atom is 0.323 e. The van der Waals surface area contributed by atoms with Crippen molar-refractivity contribution in [3.8, 4) is 0 Å². The van der Waals surface area contributed by atoms with Gasteiger partial charge in [0.15, 0.2) is 0 Å². The largest absolute Gasteiger partial charge is 0.366 e. The smallest absolute Gasteiger partial charge is 0.323 e. The van der Waals surface area contributed by atoms with Crippen LogP contribution in [-0.2, 0) is 10.0 Å². The number of nitrogens with one attached hydrogen (secondary N) is 2. The molecular formula is C18H20N4O3S. The van der Waals surface area contributed by atoms with Crippen molar-refractivity contribution in [2.24, 2.45) is 0 Å². The van der Waals surface area contributed by atoms with Crippen molar-refractivity contribution in [1.82, 2.24) is 9.97 Å². The SMILES string of the molecule is CC(C)N1CCN(S(=O)(=O)c2ccc3[nH]c(=O)[nH]c3c2)c2ccccc21. The lowest BCUT2D eigenvalue weighted by atomic mass is 10.1. The molecule has 136 valence electrons. The van der Waals surface area contributed by atoms with Crippen LogP contribution in [-0.4, -0.2) is 37.5 Å². The van der Waals surface area contributed by atoms with Gasteiger partial charge in [0, 0.05) is 12.6 Å². The average Bonchev–Trinajstić information content (AvgIpc) is 2.99. The van der Waals surface area contributed by atoms with E-state index in [9.17, 15) is 13.2 Å². The Bertz CT molecular complexity index is 1130. The van der Waals surface area contributed by atoms with Crippen LogP contribution in [0, 0.1) is 0 Å². The topological polar surface area (TPSA) is 89.3 Å². The van der Waals surface area contributed by atoms with Crippen LogP contribution < -0.4 is 14.9 Å². The van der Waals surface area contributed by atoms with Gasteiger partial charge in [-0.15, -0.1) is 0 Å². The van der Waals surface area contributed by atoms with E-state index in [0.717, 1.165) is 5.69 Å². The molecule has 8 heteroatoms. The first-order valence-electron chi connectivity index (χ1n) is 8.48. The molecule has 2 aromatic carbocycles. The lowest BCUT2D eigenvalue weighted by Gasteiger charge is -2.40. The van der Waals surface area contributed by atoms with Crippen LogP contribution in [0.25, 0.3) is 11.0 Å². The third-order valence-electron chi connectivity index (χ3n) is 4.70. The molecule has 1 aliphatic heterocycles. The number of hydrogen-bond donors (Lipinski definition) is 2. The van der Waals surface area contributed by atoms with Gasteiger partial charge >= 0.3 is 5.69 Å². The van der Waals surface area contributed by atoms with Crippen molar-refractivity contribution in [2.45, 2.75) is 24.8 Å². The first kappa shape index (κ1) is 16.7. The Hall–Kier alpha value is -2.74. The number of fused-ring (bicyclic) bond motifs is 2. The molecule has 1 aromatic heterocycles. The van der Waals surface area contributed by atoms with Gasteiger partial charge in [0.05, 0.1) is 33.8 Å². The number of sulfonamides is 1. The second kappa shape index (κ2) is 5.91. The Morgan fingerprint density at radius 3 is 2.38 bits per heavy atom. The minimum Gasteiger partial charge on any atom is -0.366 e. The average molecular weight is 372 g/mol. The summed E-state index contributed by atoms with van der Waals surface area (Å²) in [5.74, 6) is 0. The number of H-pyrrole nitrogens is 2. The van der Waals surface area contributed by atoms with E-state index in [2.05, 4.69) is 28.7 Å². The summed E-state index contributed by atoms with van der Waals surface area (Å²) in [4.78, 5) is 19.0. The molecule has 0 bridgehead atoms. The van der Waals surface area contributed by atoms with Crippen molar-refractivity contribution in [1.29, 1.82) is 0 Å². The van der Waals surface area contributed by atoms with Crippen molar-refractivity contribution >= 4 is 32.4 Å². The second-order valence-electron chi connectivity index (χ2n) is 6.64. The minimum atomic E-state index is -3.74. The fraction of sp³-hybridized carbons (Fsp3) is 0.278. The van der Waals surface area contributed by atoms with Gasteiger partial charge < -0.3 is 14.9 Å². The monoisotopic (exact) mass is 372 g/mol. The normalized spacial score (nSPS) is 14.9. The molecule has 2 heterocycles. The predicted octanol–water partition coefficient (Wildman–Crippen LogP) is 2.28. The van der Waals surface area contributed by atoms with E-state index in [1.807, 2.05) is 24.3 Å². The molecule has 26 heavy (non-hydrogen) atoms. The highest BCUT2D eigenvalue weighted by molar-refractivity contribution is 7.92. The molecule has 0 unspecified atom stereocenters. The molecule has 2 N–H and O–H groups in total. The van der Waals surface area contributed by atoms with Gasteiger partial charge in [0.2, 0.25) is 0 Å². The van der Waals surface area contributed by atoms with Crippen LogP contribution in [0.15, 0.2) is 52.2 Å². The van der Waals surface area contributed by atoms with Gasteiger partial charge in [0.1, 0.15) is 0 Å². The minimum absolute atomic E-state index is 0.160. The fourth-order valence-electron chi connectivity index (χ4n) is 3.44. The van der Waals surface area contributed by atoms with Crippen LogP contribution in [0.3, 0.4) is 0 Å². The van der Waals surface area contributed by atoms with Gasteiger partial charge in [0.25, 0.3) is 10.0 Å². The number of imidazole rings is 1. The highest BCUT2D eigenvalue weighted by Crippen LogP contribution is 2.37. The lowest BCUT2D eigenvalue weighted by Crippen LogP contribution is -2.46. The molecule has 0 atom stereocenters. The molecule has 0 fully saturated rings. The Kier molecular flexibility index (Phi) is 3.80. The van der Waals surface area contributed by atoms with Crippen LogP contribution in [0.2, 0.25) is 0 Å². The van der Waals surface area contributed by atoms with E-state index in [4.69, 9.17) is 0 Å².